The molecule has 1 atom stereocenters. The molecule has 0 radical (unpaired) electrons. The SMILES string of the molecule is C[C@H]1CCCN(CCCCNC(=O)c2ccc(I)cc2)C1. The lowest BCUT2D eigenvalue weighted by Gasteiger charge is -2.30. The molecule has 0 unspecified atom stereocenters. The lowest BCUT2D eigenvalue weighted by atomic mass is 10.0. The average molecular weight is 400 g/mol. The van der Waals surface area contributed by atoms with Crippen LogP contribution in [0.4, 0.5) is 0 Å². The minimum Gasteiger partial charge on any atom is -0.352 e. The highest BCUT2D eigenvalue weighted by molar-refractivity contribution is 14.1. The van der Waals surface area contributed by atoms with Gasteiger partial charge < -0.3 is 10.2 Å². The van der Waals surface area contributed by atoms with Crippen molar-refractivity contribution in [2.45, 2.75) is 32.6 Å². The first kappa shape index (κ1) is 16.7. The number of hydrogen-bond donors (Lipinski definition) is 1. The van der Waals surface area contributed by atoms with Crippen molar-refractivity contribution in [3.8, 4) is 0 Å². The van der Waals surface area contributed by atoms with E-state index in [9.17, 15) is 4.79 Å². The standard InChI is InChI=1S/C17H25IN2O/c1-14-5-4-12-20(13-14)11-3-2-10-19-17(21)15-6-8-16(18)9-7-15/h6-9,14H,2-5,10-13H2,1H3,(H,19,21)/t14-/m0/s1. The lowest BCUT2D eigenvalue weighted by molar-refractivity contribution is 0.0952. The van der Waals surface area contributed by atoms with E-state index in [1.165, 1.54) is 38.9 Å². The number of unbranched alkanes of at least 4 members (excludes halogenated alkanes) is 1. The number of nitrogens with zero attached hydrogens (tertiary/aromatic N) is 1. The number of hydrogen-bond acceptors (Lipinski definition) is 2. The van der Waals surface area contributed by atoms with Crippen molar-refractivity contribution in [3.05, 3.63) is 33.4 Å². The summed E-state index contributed by atoms with van der Waals surface area (Å²) in [5, 5.41) is 3.01. The fourth-order valence-corrected chi connectivity index (χ4v) is 3.22. The molecule has 0 bridgehead atoms. The molecular weight excluding hydrogens is 375 g/mol. The van der Waals surface area contributed by atoms with E-state index < -0.39 is 0 Å². The van der Waals surface area contributed by atoms with Crippen molar-refractivity contribution in [2.24, 2.45) is 5.92 Å². The zero-order chi connectivity index (χ0) is 15.1. The van der Waals surface area contributed by atoms with Gasteiger partial charge in [0.1, 0.15) is 0 Å². The van der Waals surface area contributed by atoms with Crippen LogP contribution >= 0.6 is 22.6 Å². The first-order valence-electron chi connectivity index (χ1n) is 7.91. The first-order chi connectivity index (χ1) is 10.1. The van der Waals surface area contributed by atoms with Gasteiger partial charge in [-0.15, -0.1) is 0 Å². The van der Waals surface area contributed by atoms with E-state index >= 15 is 0 Å². The topological polar surface area (TPSA) is 32.3 Å². The number of carbonyl (C=O) groups is 1. The molecule has 1 aromatic rings. The van der Waals surface area contributed by atoms with Gasteiger partial charge in [0.2, 0.25) is 0 Å². The summed E-state index contributed by atoms with van der Waals surface area (Å²) in [7, 11) is 0. The molecule has 1 aliphatic rings. The molecule has 1 amide bonds. The normalized spacial score (nSPS) is 19.4. The Morgan fingerprint density at radius 3 is 2.81 bits per heavy atom. The summed E-state index contributed by atoms with van der Waals surface area (Å²) in [4.78, 5) is 14.5. The second-order valence-corrected chi connectivity index (χ2v) is 7.26. The first-order valence-corrected chi connectivity index (χ1v) is 8.99. The second kappa shape index (κ2) is 8.73. The summed E-state index contributed by atoms with van der Waals surface area (Å²) in [5.74, 6) is 0.886. The maximum atomic E-state index is 11.9. The third-order valence-electron chi connectivity index (χ3n) is 4.03. The molecule has 116 valence electrons. The molecule has 0 aromatic heterocycles. The summed E-state index contributed by atoms with van der Waals surface area (Å²) in [6, 6.07) is 7.69. The Balaban J connectivity index is 1.59. The van der Waals surface area contributed by atoms with E-state index in [1.54, 1.807) is 0 Å². The highest BCUT2D eigenvalue weighted by atomic mass is 127. The van der Waals surface area contributed by atoms with Gasteiger partial charge in [-0.25, -0.2) is 0 Å². The molecule has 1 N–H and O–H groups in total. The fourth-order valence-electron chi connectivity index (χ4n) is 2.86. The van der Waals surface area contributed by atoms with Crippen LogP contribution in [-0.4, -0.2) is 37.0 Å². The minimum absolute atomic E-state index is 0.0398. The van der Waals surface area contributed by atoms with Gasteiger partial charge in [-0.2, -0.15) is 0 Å². The number of halogens is 1. The molecule has 1 aromatic carbocycles. The number of likely N-dealkylation sites (tertiary alicyclic amines) is 1. The molecular formula is C17H25IN2O. The molecule has 4 heteroatoms. The van der Waals surface area contributed by atoms with Crippen LogP contribution in [0.25, 0.3) is 0 Å². The monoisotopic (exact) mass is 400 g/mol. The van der Waals surface area contributed by atoms with Gasteiger partial charge in [-0.3, -0.25) is 4.79 Å². The lowest BCUT2D eigenvalue weighted by Crippen LogP contribution is -2.35. The number of carbonyl (C=O) groups excluding carboxylic acids is 1. The maximum absolute atomic E-state index is 11.9. The van der Waals surface area contributed by atoms with Gasteiger partial charge in [0.15, 0.2) is 0 Å². The highest BCUT2D eigenvalue weighted by Gasteiger charge is 2.15. The zero-order valence-electron chi connectivity index (χ0n) is 12.8. The van der Waals surface area contributed by atoms with E-state index in [0.717, 1.165) is 28.0 Å². The van der Waals surface area contributed by atoms with E-state index in [0.29, 0.717) is 0 Å². The Bertz CT molecular complexity index is 447. The van der Waals surface area contributed by atoms with Gasteiger partial charge in [-0.05, 0) is 91.5 Å². The molecule has 0 spiro atoms. The van der Waals surface area contributed by atoms with Crippen LogP contribution in [-0.2, 0) is 0 Å². The molecule has 1 aliphatic heterocycles. The van der Waals surface area contributed by atoms with Crippen LogP contribution in [0.3, 0.4) is 0 Å². The van der Waals surface area contributed by atoms with E-state index in [-0.39, 0.29) is 5.91 Å². The fraction of sp³-hybridized carbons (Fsp3) is 0.588. The van der Waals surface area contributed by atoms with Gasteiger partial charge in [-0.1, -0.05) is 6.92 Å². The highest BCUT2D eigenvalue weighted by Crippen LogP contribution is 2.15. The third-order valence-corrected chi connectivity index (χ3v) is 4.75. The molecule has 0 aliphatic carbocycles. The Morgan fingerprint density at radius 2 is 2.10 bits per heavy atom. The Labute approximate surface area is 141 Å². The Hall–Kier alpha value is -0.620. The number of piperidine rings is 1. The zero-order valence-corrected chi connectivity index (χ0v) is 14.9. The quantitative estimate of drug-likeness (QED) is 0.586. The summed E-state index contributed by atoms with van der Waals surface area (Å²) >= 11 is 2.25. The van der Waals surface area contributed by atoms with Crippen molar-refractivity contribution >= 4 is 28.5 Å². The van der Waals surface area contributed by atoms with Crippen LogP contribution < -0.4 is 5.32 Å². The van der Waals surface area contributed by atoms with E-state index in [2.05, 4.69) is 39.7 Å². The summed E-state index contributed by atoms with van der Waals surface area (Å²) in [6.45, 7) is 6.78. The predicted octanol–water partition coefficient (Wildman–Crippen LogP) is 3.53. The van der Waals surface area contributed by atoms with Crippen molar-refractivity contribution in [1.29, 1.82) is 0 Å². The van der Waals surface area contributed by atoms with Crippen LogP contribution in [0.15, 0.2) is 24.3 Å². The van der Waals surface area contributed by atoms with Crippen molar-refractivity contribution in [1.82, 2.24) is 10.2 Å². The van der Waals surface area contributed by atoms with E-state index in [4.69, 9.17) is 0 Å². The molecule has 1 heterocycles. The van der Waals surface area contributed by atoms with E-state index in [1.807, 2.05) is 24.3 Å². The molecule has 1 saturated heterocycles. The molecule has 2 rings (SSSR count). The summed E-state index contributed by atoms with van der Waals surface area (Å²) in [5.41, 5.74) is 0.750. The third kappa shape index (κ3) is 5.94. The summed E-state index contributed by atoms with van der Waals surface area (Å²) < 4.78 is 1.15. The van der Waals surface area contributed by atoms with Crippen molar-refractivity contribution < 1.29 is 4.79 Å². The van der Waals surface area contributed by atoms with Crippen LogP contribution in [0.5, 0.6) is 0 Å². The molecule has 0 saturated carbocycles. The Morgan fingerprint density at radius 1 is 1.33 bits per heavy atom. The van der Waals surface area contributed by atoms with Crippen LogP contribution in [0.1, 0.15) is 43.0 Å². The summed E-state index contributed by atoms with van der Waals surface area (Å²) in [6.07, 6.45) is 4.94. The largest absolute Gasteiger partial charge is 0.352 e. The molecule has 3 nitrogen and oxygen atoms in total. The van der Waals surface area contributed by atoms with Gasteiger partial charge >= 0.3 is 0 Å². The smallest absolute Gasteiger partial charge is 0.251 e. The number of nitrogens with one attached hydrogen (secondary N) is 1. The number of amides is 1. The van der Waals surface area contributed by atoms with Gasteiger partial charge in [0.25, 0.3) is 5.91 Å². The van der Waals surface area contributed by atoms with Gasteiger partial charge in [0.05, 0.1) is 0 Å². The van der Waals surface area contributed by atoms with Crippen molar-refractivity contribution in [3.63, 3.8) is 0 Å². The van der Waals surface area contributed by atoms with Crippen LogP contribution in [0.2, 0.25) is 0 Å². The van der Waals surface area contributed by atoms with Crippen LogP contribution in [0, 0.1) is 9.49 Å². The predicted molar refractivity (Wildman–Crippen MR) is 95.6 cm³/mol. The average Bonchev–Trinajstić information content (AvgIpc) is 2.47. The molecule has 21 heavy (non-hydrogen) atoms. The number of rotatable bonds is 6. The van der Waals surface area contributed by atoms with Crippen molar-refractivity contribution in [2.75, 3.05) is 26.2 Å². The van der Waals surface area contributed by atoms with Gasteiger partial charge in [0, 0.05) is 22.2 Å². The number of benzene rings is 1. The molecule has 1 fully saturated rings. The minimum atomic E-state index is 0.0398. The maximum Gasteiger partial charge on any atom is 0.251 e. The second-order valence-electron chi connectivity index (χ2n) is 6.02. The Kier molecular flexibility index (Phi) is 6.96.